The summed E-state index contributed by atoms with van der Waals surface area (Å²) < 4.78 is 0. The molecule has 0 aliphatic rings. The van der Waals surface area contributed by atoms with Crippen LogP contribution in [0, 0.1) is 13.0 Å². The minimum Gasteiger partial charge on any atom is -0.597 e. The van der Waals surface area contributed by atoms with Gasteiger partial charge in [0.05, 0.1) is 0 Å². The predicted molar refractivity (Wildman–Crippen MR) is 50.0 cm³/mol. The summed E-state index contributed by atoms with van der Waals surface area (Å²) >= 11 is 0. The van der Waals surface area contributed by atoms with E-state index in [1.807, 2.05) is 39.0 Å². The summed E-state index contributed by atoms with van der Waals surface area (Å²) in [7, 11) is 0. The van der Waals surface area contributed by atoms with E-state index < -0.39 is 0 Å². The van der Waals surface area contributed by atoms with Gasteiger partial charge < -0.3 is 10.2 Å². The molecule has 0 spiro atoms. The Morgan fingerprint density at radius 3 is 2.50 bits per heavy atom. The van der Waals surface area contributed by atoms with Crippen molar-refractivity contribution in [3.8, 4) is 0 Å². The Hall–Kier alpha value is 0.0147. The van der Waals surface area contributed by atoms with Crippen LogP contribution in [0.1, 0.15) is 19.5 Å². The summed E-state index contributed by atoms with van der Waals surface area (Å²) in [4.78, 5) is 0. The number of hydrogen-bond donors (Lipinski definition) is 0. The van der Waals surface area contributed by atoms with E-state index in [2.05, 4.69) is 16.3 Å². The summed E-state index contributed by atoms with van der Waals surface area (Å²) in [6.45, 7) is 5.95. The minimum atomic E-state index is 0. The molecule has 0 aliphatic carbocycles. The molecule has 0 saturated carbocycles. The zero-order valence-electron chi connectivity index (χ0n) is 8.38. The molecule has 78 valence electrons. The monoisotopic (exact) mass is 534 g/mol. The van der Waals surface area contributed by atoms with Crippen LogP contribution >= 0.6 is 0 Å². The second-order valence-electron chi connectivity index (χ2n) is 2.23. The van der Waals surface area contributed by atoms with E-state index in [0.717, 1.165) is 16.6 Å². The van der Waals surface area contributed by atoms with E-state index >= 15 is 0 Å². The van der Waals surface area contributed by atoms with Crippen molar-refractivity contribution in [2.24, 2.45) is 0 Å². The van der Waals surface area contributed by atoms with Crippen molar-refractivity contribution >= 4 is 10.9 Å². The van der Waals surface area contributed by atoms with Crippen LogP contribution in [0.25, 0.3) is 10.9 Å². The maximum atomic E-state index is 3.95. The molecule has 1 aromatic carbocycles. The zero-order valence-corrected chi connectivity index (χ0v) is 13.8. The van der Waals surface area contributed by atoms with Gasteiger partial charge in [0, 0.05) is 40.8 Å². The number of rotatable bonds is 0. The molecule has 0 unspecified atom stereocenters. The Balaban J connectivity index is 0. The third kappa shape index (κ3) is 3.64. The first-order chi connectivity index (χ1) is 5.88. The molecule has 2 aromatic rings. The minimum absolute atomic E-state index is 0. The summed E-state index contributed by atoms with van der Waals surface area (Å²) in [5, 5.41) is 8.97. The molecule has 14 heavy (non-hydrogen) atoms. The van der Waals surface area contributed by atoms with Gasteiger partial charge in [0.25, 0.3) is 0 Å². The van der Waals surface area contributed by atoms with Gasteiger partial charge in [0.2, 0.25) is 0 Å². The second-order valence-corrected chi connectivity index (χ2v) is 2.23. The Morgan fingerprint density at radius 1 is 1.29 bits per heavy atom. The van der Waals surface area contributed by atoms with Crippen LogP contribution in [0.15, 0.2) is 18.2 Å². The van der Waals surface area contributed by atoms with Crippen LogP contribution in [0.4, 0.5) is 0 Å². The third-order valence-electron chi connectivity index (χ3n) is 1.54. The van der Waals surface area contributed by atoms with Gasteiger partial charge in [0.1, 0.15) is 0 Å². The molecule has 4 heteroatoms. The Bertz CT molecular complexity index is 358. The standard InChI is InChI=1S/C8H6N2.C2H6.2Re/c1-6-7-4-2-3-5-8(7)10-9-6;1-2;;/h3-5H,1H3;1-2H3;;/q-2;;;. The van der Waals surface area contributed by atoms with Gasteiger partial charge in [-0.3, -0.25) is 0 Å². The van der Waals surface area contributed by atoms with Crippen molar-refractivity contribution in [2.45, 2.75) is 20.8 Å². The topological polar surface area (TPSA) is 27.0 Å². The van der Waals surface area contributed by atoms with Crippen LogP contribution in [-0.4, -0.2) is 5.10 Å². The van der Waals surface area contributed by atoms with Crippen molar-refractivity contribution in [1.82, 2.24) is 10.2 Å². The molecule has 2 nitrogen and oxygen atoms in total. The molecule has 2 rings (SSSR count). The Labute approximate surface area is 112 Å². The zero-order chi connectivity index (χ0) is 8.97. The van der Waals surface area contributed by atoms with Gasteiger partial charge in [-0.1, -0.05) is 13.8 Å². The largest absolute Gasteiger partial charge is 0.597 e. The average Bonchev–Trinajstić information content (AvgIpc) is 2.53. The number of aryl methyl sites for hydroxylation is 1. The van der Waals surface area contributed by atoms with Crippen molar-refractivity contribution in [3.05, 3.63) is 30.0 Å². The molecule has 0 atom stereocenters. The first-order valence-electron chi connectivity index (χ1n) is 4.14. The SMILES string of the molecule is CC.Cc1n[n-]c2cc[c-]cc12.[Re].[Re]. The van der Waals surface area contributed by atoms with E-state index in [9.17, 15) is 0 Å². The summed E-state index contributed by atoms with van der Waals surface area (Å²) in [6.07, 6.45) is 0. The predicted octanol–water partition coefficient (Wildman–Crippen LogP) is 2.32. The molecule has 0 bridgehead atoms. The molecule has 1 heterocycles. The van der Waals surface area contributed by atoms with Gasteiger partial charge in [-0.25, -0.2) is 5.52 Å². The van der Waals surface area contributed by atoms with E-state index in [4.69, 9.17) is 0 Å². The quantitative estimate of drug-likeness (QED) is 0.487. The normalized spacial score (nSPS) is 7.93. The molecule has 2 radical (unpaired) electrons. The molecular formula is C10H12N2Re2-2. The fourth-order valence-corrected chi connectivity index (χ4v) is 0.982. The van der Waals surface area contributed by atoms with Crippen molar-refractivity contribution in [3.63, 3.8) is 0 Å². The molecule has 0 aliphatic heterocycles. The smallest absolute Gasteiger partial charge is 0 e. The molecule has 1 aromatic heterocycles. The van der Waals surface area contributed by atoms with Gasteiger partial charge in [-0.2, -0.15) is 24.3 Å². The molecule has 0 fully saturated rings. The van der Waals surface area contributed by atoms with Crippen molar-refractivity contribution < 1.29 is 40.8 Å². The summed E-state index contributed by atoms with van der Waals surface area (Å²) in [5.41, 5.74) is 1.93. The number of benzene rings is 1. The fourth-order valence-electron chi connectivity index (χ4n) is 0.982. The van der Waals surface area contributed by atoms with Gasteiger partial charge in [-0.15, -0.1) is 5.39 Å². The number of hydrogen-bond acceptors (Lipinski definition) is 1. The van der Waals surface area contributed by atoms with Crippen LogP contribution in [0.2, 0.25) is 0 Å². The van der Waals surface area contributed by atoms with E-state index in [1.165, 1.54) is 0 Å². The van der Waals surface area contributed by atoms with Crippen LogP contribution in [0.3, 0.4) is 0 Å². The first kappa shape index (κ1) is 16.4. The fraction of sp³-hybridized carbons (Fsp3) is 0.300. The summed E-state index contributed by atoms with van der Waals surface area (Å²) in [6, 6.07) is 8.65. The van der Waals surface area contributed by atoms with Crippen LogP contribution < -0.4 is 5.10 Å². The first-order valence-corrected chi connectivity index (χ1v) is 4.14. The Morgan fingerprint density at radius 2 is 1.93 bits per heavy atom. The van der Waals surface area contributed by atoms with E-state index in [-0.39, 0.29) is 40.8 Å². The number of nitrogens with zero attached hydrogens (tertiary/aromatic N) is 2. The number of fused-ring (bicyclic) bond motifs is 1. The van der Waals surface area contributed by atoms with E-state index in [0.29, 0.717) is 0 Å². The molecule has 0 amide bonds. The third-order valence-corrected chi connectivity index (χ3v) is 1.54. The number of aromatic nitrogens is 2. The average molecular weight is 533 g/mol. The van der Waals surface area contributed by atoms with Crippen molar-refractivity contribution in [2.75, 3.05) is 0 Å². The van der Waals surface area contributed by atoms with Gasteiger partial charge in [0.15, 0.2) is 0 Å². The second kappa shape index (κ2) is 8.33. The molecule has 0 N–H and O–H groups in total. The maximum absolute atomic E-state index is 3.95. The van der Waals surface area contributed by atoms with Crippen LogP contribution in [-0.2, 0) is 40.8 Å². The Kier molecular flexibility index (Phi) is 9.79. The molecular weight excluding hydrogens is 521 g/mol. The van der Waals surface area contributed by atoms with Crippen molar-refractivity contribution in [1.29, 1.82) is 0 Å². The van der Waals surface area contributed by atoms with Gasteiger partial charge in [-0.05, 0) is 12.6 Å². The van der Waals surface area contributed by atoms with Gasteiger partial charge >= 0.3 is 0 Å². The van der Waals surface area contributed by atoms with Crippen LogP contribution in [0.5, 0.6) is 0 Å². The summed E-state index contributed by atoms with van der Waals surface area (Å²) in [5.74, 6) is 0. The van der Waals surface area contributed by atoms with E-state index in [1.54, 1.807) is 0 Å². The maximum Gasteiger partial charge on any atom is 0 e. The molecule has 0 saturated heterocycles.